The van der Waals surface area contributed by atoms with Crippen LogP contribution in [0.25, 0.3) is 0 Å². The zero-order valence-electron chi connectivity index (χ0n) is 2.68. The summed E-state index contributed by atoms with van der Waals surface area (Å²) in [5, 5.41) is 0. The van der Waals surface area contributed by atoms with Crippen molar-refractivity contribution in [3.05, 3.63) is 0 Å². The van der Waals surface area contributed by atoms with Gasteiger partial charge in [-0.3, -0.25) is 0 Å². The summed E-state index contributed by atoms with van der Waals surface area (Å²) in [5.74, 6) is 0. The van der Waals surface area contributed by atoms with E-state index in [-0.39, 0.29) is 17.0 Å². The number of rotatable bonds is 0. The smallest absolute Gasteiger partial charge is 0.571 e. The maximum Gasteiger partial charge on any atom is 0.571 e. The highest BCUT2D eigenvalue weighted by atomic mass is 79.9. The first-order valence-corrected chi connectivity index (χ1v) is 2.31. The lowest BCUT2D eigenvalue weighted by molar-refractivity contribution is -0.00000876. The van der Waals surface area contributed by atoms with Gasteiger partial charge in [0.2, 0.25) is 0 Å². The average Bonchev–Trinajstić information content (AvgIpc) is 0.650. The van der Waals surface area contributed by atoms with Crippen LogP contribution >= 0.6 is 0 Å². The van der Waals surface area contributed by atoms with E-state index in [9.17, 15) is 19.4 Å². The largest absolute Gasteiger partial charge is 1.00 e. The van der Waals surface area contributed by atoms with E-state index in [0.29, 0.717) is 0 Å². The Bertz CT molecular complexity index is 41.3. The molecule has 0 heterocycles. The van der Waals surface area contributed by atoms with Gasteiger partial charge in [-0.1, -0.05) is 0 Å². The normalized spacial score (nSPS) is 16.4. The first-order chi connectivity index (χ1) is 2.24. The Hall–Kier alpha value is 0.480. The molecule has 0 aliphatic rings. The molecule has 7 heavy (non-hydrogen) atoms. The van der Waals surface area contributed by atoms with Crippen LogP contribution < -0.4 is 17.0 Å². The Morgan fingerprint density at radius 3 is 0.714 bits per heavy atom. The second-order valence-corrected chi connectivity index (χ2v) is 1.75. The Morgan fingerprint density at radius 2 is 0.714 bits per heavy atom. The first kappa shape index (κ1) is 10.5. The summed E-state index contributed by atoms with van der Waals surface area (Å²) in [4.78, 5) is 0. The van der Waals surface area contributed by atoms with Crippen LogP contribution in [0.4, 0.5) is 19.4 Å². The molecular weight excluding hydrogens is 207 g/mol. The topological polar surface area (TPSA) is 0 Å². The zero-order valence-corrected chi connectivity index (χ0v) is 5.08. The van der Waals surface area contributed by atoms with Crippen molar-refractivity contribution in [2.24, 2.45) is 0 Å². The van der Waals surface area contributed by atoms with Gasteiger partial charge >= 0.3 is 11.1 Å². The molecule has 0 aliphatic heterocycles. The van der Waals surface area contributed by atoms with Gasteiger partial charge in [-0.2, -0.15) is 0 Å². The SMILES string of the molecule is F[S+](F)(F)(F)F.[Br-]. The Kier molecular flexibility index (Phi) is 2.65. The molecule has 0 atom stereocenters. The van der Waals surface area contributed by atoms with Crippen molar-refractivity contribution < 1.29 is 36.4 Å². The van der Waals surface area contributed by atoms with E-state index in [1.54, 1.807) is 0 Å². The summed E-state index contributed by atoms with van der Waals surface area (Å²) >= 11 is -8.35. The van der Waals surface area contributed by atoms with E-state index in [2.05, 4.69) is 0 Å². The molecule has 48 valence electrons. The van der Waals surface area contributed by atoms with Crippen LogP contribution in [-0.2, 0) is 11.1 Å². The van der Waals surface area contributed by atoms with Crippen molar-refractivity contribution in [3.63, 3.8) is 0 Å². The van der Waals surface area contributed by atoms with Gasteiger partial charge in [-0.05, 0) is 0 Å². The van der Waals surface area contributed by atoms with E-state index in [1.807, 2.05) is 0 Å². The lowest BCUT2D eigenvalue weighted by atomic mass is 18.6. The third-order valence-corrected chi connectivity index (χ3v) is 0. The van der Waals surface area contributed by atoms with Gasteiger partial charge in [-0.25, -0.2) is 0 Å². The minimum Gasteiger partial charge on any atom is -1.00 e. The van der Waals surface area contributed by atoms with Gasteiger partial charge in [0.15, 0.2) is 0 Å². The minimum atomic E-state index is -8.35. The summed E-state index contributed by atoms with van der Waals surface area (Å²) in [5.41, 5.74) is 0. The summed E-state index contributed by atoms with van der Waals surface area (Å²) in [7, 11) is 0. The molecular formula is BrF5S. The minimum absolute atomic E-state index is 0. The van der Waals surface area contributed by atoms with Crippen LogP contribution in [0.5, 0.6) is 0 Å². The second kappa shape index (κ2) is 1.77. The number of hydrogen-bond acceptors (Lipinski definition) is 0. The van der Waals surface area contributed by atoms with E-state index >= 15 is 0 Å². The van der Waals surface area contributed by atoms with E-state index in [1.165, 1.54) is 0 Å². The van der Waals surface area contributed by atoms with E-state index in [4.69, 9.17) is 0 Å². The van der Waals surface area contributed by atoms with Crippen LogP contribution in [0.15, 0.2) is 0 Å². The summed E-state index contributed by atoms with van der Waals surface area (Å²) in [6.07, 6.45) is 0. The van der Waals surface area contributed by atoms with Gasteiger partial charge < -0.3 is 17.0 Å². The molecule has 0 saturated heterocycles. The van der Waals surface area contributed by atoms with Crippen LogP contribution in [0, 0.1) is 0 Å². The number of hydrogen-bond donors (Lipinski definition) is 0. The molecule has 0 aromatic carbocycles. The fraction of sp³-hybridized carbons (Fsp3) is 0. The molecule has 0 bridgehead atoms. The molecule has 0 spiro atoms. The fourth-order valence-electron chi connectivity index (χ4n) is 0. The molecule has 7 heteroatoms. The van der Waals surface area contributed by atoms with Gasteiger partial charge in [0.05, 0.1) is 19.4 Å². The van der Waals surface area contributed by atoms with Crippen molar-refractivity contribution in [1.82, 2.24) is 0 Å². The highest BCUT2D eigenvalue weighted by Gasteiger charge is 2.58. The van der Waals surface area contributed by atoms with Crippen molar-refractivity contribution in [3.8, 4) is 0 Å². The maximum atomic E-state index is 9.82. The van der Waals surface area contributed by atoms with Gasteiger partial charge in [0.25, 0.3) is 0 Å². The standard InChI is InChI=1S/BrH.F5S/c;1-6(2,3,4)5/h1H;/q;+1/p-1. The molecule has 0 saturated carbocycles. The zero-order chi connectivity index (χ0) is 5.45. The first-order valence-electron chi connectivity index (χ1n) is 0.772. The van der Waals surface area contributed by atoms with E-state index < -0.39 is 11.1 Å². The lowest BCUT2D eigenvalue weighted by Crippen LogP contribution is -3.00. The lowest BCUT2D eigenvalue weighted by Gasteiger charge is -1.92. The van der Waals surface area contributed by atoms with E-state index in [0.717, 1.165) is 0 Å². The molecule has 0 nitrogen and oxygen atoms in total. The summed E-state index contributed by atoms with van der Waals surface area (Å²) in [6, 6.07) is 0. The van der Waals surface area contributed by atoms with Crippen molar-refractivity contribution in [1.29, 1.82) is 0 Å². The monoisotopic (exact) mass is 206 g/mol. The Labute approximate surface area is 48.2 Å². The molecule has 0 N–H and O–H groups in total. The van der Waals surface area contributed by atoms with Crippen molar-refractivity contribution in [2.45, 2.75) is 0 Å². The van der Waals surface area contributed by atoms with Gasteiger partial charge in [0, 0.05) is 0 Å². The van der Waals surface area contributed by atoms with Crippen LogP contribution in [0.3, 0.4) is 0 Å². The average molecular weight is 207 g/mol. The molecule has 0 fully saturated rings. The van der Waals surface area contributed by atoms with Crippen molar-refractivity contribution in [2.75, 3.05) is 0 Å². The molecule has 0 aromatic heterocycles. The molecule has 0 aromatic rings. The Morgan fingerprint density at radius 1 is 0.714 bits per heavy atom. The second-order valence-electron chi connectivity index (χ2n) is 0.583. The molecule has 0 unspecified atom stereocenters. The number of halogens is 6. The predicted molar refractivity (Wildman–Crippen MR) is 12.9 cm³/mol. The summed E-state index contributed by atoms with van der Waals surface area (Å²) in [6.45, 7) is 0. The highest BCUT2D eigenvalue weighted by molar-refractivity contribution is 8.08. The highest BCUT2D eigenvalue weighted by Crippen LogP contribution is 2.46. The van der Waals surface area contributed by atoms with Crippen molar-refractivity contribution >= 4 is 11.1 Å². The quantitative estimate of drug-likeness (QED) is 0.356. The Balaban J connectivity index is 0. The molecule has 0 aliphatic carbocycles. The maximum absolute atomic E-state index is 9.82. The van der Waals surface area contributed by atoms with Crippen LogP contribution in [-0.4, -0.2) is 0 Å². The third kappa shape index (κ3) is 564. The molecule has 0 amide bonds. The molecule has 0 rings (SSSR count). The predicted octanol–water partition coefficient (Wildman–Crippen LogP) is -0.897. The summed E-state index contributed by atoms with van der Waals surface area (Å²) < 4.78 is 49.1. The van der Waals surface area contributed by atoms with Gasteiger partial charge in [-0.15, -0.1) is 0 Å². The fourth-order valence-corrected chi connectivity index (χ4v) is 0. The molecule has 0 radical (unpaired) electrons. The third-order valence-electron chi connectivity index (χ3n) is 0. The van der Waals surface area contributed by atoms with Crippen LogP contribution in [0.1, 0.15) is 0 Å². The van der Waals surface area contributed by atoms with Crippen LogP contribution in [0.2, 0.25) is 0 Å². The van der Waals surface area contributed by atoms with Gasteiger partial charge in [0.1, 0.15) is 0 Å².